The number of carbonyl (C=O) groups is 1. The standard InChI is InChI=1S/C15H15N5O3S2/c1-9(24-15-18-8-11(7-16)14(17)19-15)13(21)10-3-5-12(6-4-10)20-25(2,22)23/h3-6,8-9,20H,1-2H3,(H2,17,18,19). The van der Waals surface area contributed by atoms with Gasteiger partial charge in [0.1, 0.15) is 17.5 Å². The number of nitrogen functional groups attached to an aromatic ring is 1. The highest BCUT2D eigenvalue weighted by Crippen LogP contribution is 2.24. The second-order valence-electron chi connectivity index (χ2n) is 5.14. The van der Waals surface area contributed by atoms with Gasteiger partial charge >= 0.3 is 0 Å². The summed E-state index contributed by atoms with van der Waals surface area (Å²) in [6, 6.07) is 7.99. The van der Waals surface area contributed by atoms with Crippen molar-refractivity contribution >= 4 is 39.1 Å². The van der Waals surface area contributed by atoms with Crippen molar-refractivity contribution in [2.24, 2.45) is 0 Å². The van der Waals surface area contributed by atoms with Crippen molar-refractivity contribution in [1.82, 2.24) is 9.97 Å². The first-order valence-electron chi connectivity index (χ1n) is 7.01. The number of hydrogen-bond acceptors (Lipinski definition) is 8. The van der Waals surface area contributed by atoms with Gasteiger partial charge < -0.3 is 5.73 Å². The molecule has 2 rings (SSSR count). The number of nitrogens with zero attached hydrogens (tertiary/aromatic N) is 3. The van der Waals surface area contributed by atoms with Crippen molar-refractivity contribution < 1.29 is 13.2 Å². The number of thioether (sulfide) groups is 1. The van der Waals surface area contributed by atoms with Crippen LogP contribution in [0.1, 0.15) is 22.8 Å². The summed E-state index contributed by atoms with van der Waals surface area (Å²) >= 11 is 1.12. The van der Waals surface area contributed by atoms with E-state index in [1.54, 1.807) is 19.1 Å². The number of aromatic nitrogens is 2. The summed E-state index contributed by atoms with van der Waals surface area (Å²) < 4.78 is 24.7. The van der Waals surface area contributed by atoms with E-state index in [-0.39, 0.29) is 17.2 Å². The van der Waals surface area contributed by atoms with E-state index in [2.05, 4.69) is 14.7 Å². The Morgan fingerprint density at radius 2 is 2.00 bits per heavy atom. The Morgan fingerprint density at radius 3 is 2.52 bits per heavy atom. The predicted octanol–water partition coefficient (Wildman–Crippen LogP) is 1.67. The number of ketones is 1. The third-order valence-corrected chi connectivity index (χ3v) is 4.62. The van der Waals surface area contributed by atoms with Crippen LogP contribution in [0.2, 0.25) is 0 Å². The molecule has 1 atom stereocenters. The average molecular weight is 377 g/mol. The Kier molecular flexibility index (Phi) is 5.61. The number of nitrogens with one attached hydrogen (secondary N) is 1. The van der Waals surface area contributed by atoms with E-state index in [9.17, 15) is 13.2 Å². The van der Waals surface area contributed by atoms with E-state index >= 15 is 0 Å². The molecule has 0 aliphatic rings. The fraction of sp³-hybridized carbons (Fsp3) is 0.200. The maximum absolute atomic E-state index is 12.5. The first-order chi connectivity index (χ1) is 11.7. The second kappa shape index (κ2) is 7.50. The quantitative estimate of drug-likeness (QED) is 0.440. The third-order valence-electron chi connectivity index (χ3n) is 3.04. The fourth-order valence-corrected chi connectivity index (χ4v) is 3.27. The number of benzene rings is 1. The summed E-state index contributed by atoms with van der Waals surface area (Å²) in [5.74, 6) is -0.0988. The molecule has 2 aromatic rings. The minimum Gasteiger partial charge on any atom is -0.382 e. The fourth-order valence-electron chi connectivity index (χ4n) is 1.88. The number of nitrogens with two attached hydrogens (primary N) is 1. The molecule has 1 unspecified atom stereocenters. The van der Waals surface area contributed by atoms with Crippen molar-refractivity contribution in [3.05, 3.63) is 41.6 Å². The van der Waals surface area contributed by atoms with E-state index in [0.717, 1.165) is 18.0 Å². The first-order valence-corrected chi connectivity index (χ1v) is 9.78. The summed E-state index contributed by atoms with van der Waals surface area (Å²) in [5, 5.41) is 8.62. The van der Waals surface area contributed by atoms with Crippen LogP contribution in [0.15, 0.2) is 35.6 Å². The monoisotopic (exact) mass is 377 g/mol. The number of Topliss-reactive ketones (excluding diaryl/α,β-unsaturated/α-hetero) is 1. The molecule has 0 saturated carbocycles. The molecular formula is C15H15N5O3S2. The molecule has 0 radical (unpaired) electrons. The lowest BCUT2D eigenvalue weighted by atomic mass is 10.1. The Bertz CT molecular complexity index is 937. The summed E-state index contributed by atoms with van der Waals surface area (Å²) in [7, 11) is -3.37. The molecule has 3 N–H and O–H groups in total. The van der Waals surface area contributed by atoms with Crippen LogP contribution < -0.4 is 10.5 Å². The van der Waals surface area contributed by atoms with Gasteiger partial charge in [-0.15, -0.1) is 0 Å². The molecule has 0 bridgehead atoms. The van der Waals surface area contributed by atoms with Crippen molar-refractivity contribution in [3.8, 4) is 6.07 Å². The highest BCUT2D eigenvalue weighted by atomic mass is 32.2. The zero-order valence-electron chi connectivity index (χ0n) is 13.4. The average Bonchev–Trinajstić information content (AvgIpc) is 2.53. The predicted molar refractivity (Wildman–Crippen MR) is 95.7 cm³/mol. The number of hydrogen-bond donors (Lipinski definition) is 2. The minimum absolute atomic E-state index is 0.0656. The van der Waals surface area contributed by atoms with Crippen molar-refractivity contribution in [2.45, 2.75) is 17.3 Å². The van der Waals surface area contributed by atoms with Crippen LogP contribution in [0.25, 0.3) is 0 Å². The van der Waals surface area contributed by atoms with Gasteiger partial charge in [-0.2, -0.15) is 5.26 Å². The first kappa shape index (κ1) is 18.7. The van der Waals surface area contributed by atoms with E-state index < -0.39 is 15.3 Å². The normalized spacial score (nSPS) is 12.2. The lowest BCUT2D eigenvalue weighted by Crippen LogP contribution is -2.15. The molecule has 10 heteroatoms. The highest BCUT2D eigenvalue weighted by molar-refractivity contribution is 8.00. The smallest absolute Gasteiger partial charge is 0.229 e. The molecule has 0 amide bonds. The molecule has 0 spiro atoms. The van der Waals surface area contributed by atoms with Gasteiger partial charge in [-0.1, -0.05) is 11.8 Å². The zero-order chi connectivity index (χ0) is 18.6. The van der Waals surface area contributed by atoms with Crippen LogP contribution in [0.3, 0.4) is 0 Å². The molecule has 0 aliphatic carbocycles. The number of anilines is 2. The third kappa shape index (κ3) is 5.17. The van der Waals surface area contributed by atoms with E-state index in [1.165, 1.54) is 18.3 Å². The van der Waals surface area contributed by atoms with E-state index in [4.69, 9.17) is 11.0 Å². The van der Waals surface area contributed by atoms with Crippen LogP contribution in [0.4, 0.5) is 11.5 Å². The van der Waals surface area contributed by atoms with Gasteiger partial charge in [0, 0.05) is 11.3 Å². The van der Waals surface area contributed by atoms with Gasteiger partial charge in [0.15, 0.2) is 10.9 Å². The van der Waals surface area contributed by atoms with Crippen LogP contribution in [-0.2, 0) is 10.0 Å². The van der Waals surface area contributed by atoms with Crippen LogP contribution >= 0.6 is 11.8 Å². The molecule has 1 aromatic heterocycles. The van der Waals surface area contributed by atoms with Crippen molar-refractivity contribution in [2.75, 3.05) is 16.7 Å². The van der Waals surface area contributed by atoms with Crippen LogP contribution in [-0.4, -0.2) is 35.7 Å². The van der Waals surface area contributed by atoms with Gasteiger partial charge in [-0.05, 0) is 31.2 Å². The highest BCUT2D eigenvalue weighted by Gasteiger charge is 2.18. The van der Waals surface area contributed by atoms with E-state index in [0.29, 0.717) is 16.4 Å². The Morgan fingerprint density at radius 1 is 1.36 bits per heavy atom. The summed E-state index contributed by atoms with van der Waals surface area (Å²) in [4.78, 5) is 20.4. The number of sulfonamides is 1. The molecular weight excluding hydrogens is 362 g/mol. The van der Waals surface area contributed by atoms with Gasteiger partial charge in [0.05, 0.1) is 17.7 Å². The largest absolute Gasteiger partial charge is 0.382 e. The molecule has 130 valence electrons. The Labute approximate surface area is 149 Å². The summed E-state index contributed by atoms with van der Waals surface area (Å²) in [5.41, 5.74) is 6.62. The van der Waals surface area contributed by atoms with Gasteiger partial charge in [-0.25, -0.2) is 18.4 Å². The topological polar surface area (TPSA) is 139 Å². The van der Waals surface area contributed by atoms with Gasteiger partial charge in [0.2, 0.25) is 10.0 Å². The van der Waals surface area contributed by atoms with Gasteiger partial charge in [-0.3, -0.25) is 9.52 Å². The maximum Gasteiger partial charge on any atom is 0.229 e. The van der Waals surface area contributed by atoms with E-state index in [1.807, 2.05) is 6.07 Å². The molecule has 0 aliphatic heterocycles. The van der Waals surface area contributed by atoms with Crippen molar-refractivity contribution in [1.29, 1.82) is 5.26 Å². The second-order valence-corrected chi connectivity index (χ2v) is 8.20. The minimum atomic E-state index is -3.37. The van der Waals surface area contributed by atoms with Gasteiger partial charge in [0.25, 0.3) is 0 Å². The lowest BCUT2D eigenvalue weighted by molar-refractivity contribution is 0.0994. The van der Waals surface area contributed by atoms with Crippen LogP contribution in [0, 0.1) is 11.3 Å². The SMILES string of the molecule is CC(Sc1ncc(C#N)c(N)n1)C(=O)c1ccc(NS(C)(=O)=O)cc1. The molecule has 25 heavy (non-hydrogen) atoms. The summed E-state index contributed by atoms with van der Waals surface area (Å²) in [6.07, 6.45) is 2.36. The zero-order valence-corrected chi connectivity index (χ0v) is 15.1. The Balaban J connectivity index is 2.09. The Hall–Kier alpha value is -2.64. The molecule has 0 fully saturated rings. The molecule has 8 nitrogen and oxygen atoms in total. The number of carbonyl (C=O) groups excluding carboxylic acids is 1. The number of nitriles is 1. The van der Waals surface area contributed by atoms with Crippen LogP contribution in [0.5, 0.6) is 0 Å². The maximum atomic E-state index is 12.5. The molecule has 1 aromatic carbocycles. The lowest BCUT2D eigenvalue weighted by Gasteiger charge is -2.10. The molecule has 0 saturated heterocycles. The molecule has 1 heterocycles. The summed E-state index contributed by atoms with van der Waals surface area (Å²) in [6.45, 7) is 1.70. The van der Waals surface area contributed by atoms with Crippen molar-refractivity contribution in [3.63, 3.8) is 0 Å². The number of rotatable bonds is 6.